The van der Waals surface area contributed by atoms with Crippen LogP contribution in [0, 0.1) is 5.41 Å². The summed E-state index contributed by atoms with van der Waals surface area (Å²) in [7, 11) is 0. The number of furan rings is 1. The fraction of sp³-hybridized carbons (Fsp3) is 0.100. The van der Waals surface area contributed by atoms with Crippen LogP contribution in [0.5, 0.6) is 0 Å². The van der Waals surface area contributed by atoms with Crippen LogP contribution in [0.15, 0.2) is 46.7 Å². The lowest BCUT2D eigenvalue weighted by Crippen LogP contribution is -2.06. The minimum absolute atomic E-state index is 0.264. The Morgan fingerprint density at radius 1 is 1.69 bits per heavy atom. The van der Waals surface area contributed by atoms with Gasteiger partial charge in [0.25, 0.3) is 0 Å². The standard InChI is InChI=1S/C10H12N2O/c1-3-8(7(2)11)10(12)9-5-4-6-13-9/h3-6,12H,1,11H2,2H3/b8-7-,12-10?. The summed E-state index contributed by atoms with van der Waals surface area (Å²) >= 11 is 0. The molecule has 0 aliphatic rings. The van der Waals surface area contributed by atoms with E-state index in [0.717, 1.165) is 0 Å². The Kier molecular flexibility index (Phi) is 2.69. The van der Waals surface area contributed by atoms with E-state index in [0.29, 0.717) is 17.0 Å². The van der Waals surface area contributed by atoms with Crippen LogP contribution in [0.25, 0.3) is 0 Å². The number of hydrogen-bond donors (Lipinski definition) is 2. The molecule has 0 spiro atoms. The zero-order valence-electron chi connectivity index (χ0n) is 7.50. The van der Waals surface area contributed by atoms with Crippen molar-refractivity contribution in [3.05, 3.63) is 48.1 Å². The Bertz CT molecular complexity index is 343. The van der Waals surface area contributed by atoms with Gasteiger partial charge in [0.1, 0.15) is 5.71 Å². The average molecular weight is 176 g/mol. The average Bonchev–Trinajstić information content (AvgIpc) is 2.56. The second-order valence-electron chi connectivity index (χ2n) is 2.65. The Hall–Kier alpha value is -1.77. The van der Waals surface area contributed by atoms with Crippen LogP contribution in [0.2, 0.25) is 0 Å². The van der Waals surface area contributed by atoms with E-state index in [1.807, 2.05) is 0 Å². The highest BCUT2D eigenvalue weighted by atomic mass is 16.3. The normalized spacial score (nSPS) is 12.1. The molecule has 0 bridgehead atoms. The summed E-state index contributed by atoms with van der Waals surface area (Å²) in [6.07, 6.45) is 3.08. The largest absolute Gasteiger partial charge is 0.463 e. The highest BCUT2D eigenvalue weighted by molar-refractivity contribution is 6.10. The maximum absolute atomic E-state index is 7.73. The van der Waals surface area contributed by atoms with Gasteiger partial charge in [-0.3, -0.25) is 5.41 Å². The van der Waals surface area contributed by atoms with Gasteiger partial charge in [0.15, 0.2) is 5.76 Å². The zero-order valence-corrected chi connectivity index (χ0v) is 7.50. The van der Waals surface area contributed by atoms with Crippen LogP contribution in [-0.2, 0) is 0 Å². The van der Waals surface area contributed by atoms with Gasteiger partial charge in [0.05, 0.1) is 6.26 Å². The molecule has 0 atom stereocenters. The lowest BCUT2D eigenvalue weighted by Gasteiger charge is -2.03. The number of allylic oxidation sites excluding steroid dienone is 3. The van der Waals surface area contributed by atoms with E-state index >= 15 is 0 Å². The molecule has 1 heterocycles. The first-order chi connectivity index (χ1) is 6.16. The van der Waals surface area contributed by atoms with Crippen molar-refractivity contribution >= 4 is 5.71 Å². The molecule has 1 rings (SSSR count). The fourth-order valence-corrected chi connectivity index (χ4v) is 1.01. The molecule has 0 radical (unpaired) electrons. The van der Waals surface area contributed by atoms with Crippen molar-refractivity contribution in [3.8, 4) is 0 Å². The summed E-state index contributed by atoms with van der Waals surface area (Å²) in [6, 6.07) is 3.45. The van der Waals surface area contributed by atoms with E-state index in [-0.39, 0.29) is 5.71 Å². The molecular formula is C10H12N2O. The van der Waals surface area contributed by atoms with Crippen molar-refractivity contribution in [2.24, 2.45) is 5.73 Å². The quantitative estimate of drug-likeness (QED) is 0.547. The van der Waals surface area contributed by atoms with Crippen LogP contribution in [-0.4, -0.2) is 5.71 Å². The van der Waals surface area contributed by atoms with Crippen molar-refractivity contribution in [2.75, 3.05) is 0 Å². The van der Waals surface area contributed by atoms with Gasteiger partial charge in [-0.25, -0.2) is 0 Å². The van der Waals surface area contributed by atoms with Crippen molar-refractivity contribution < 1.29 is 4.42 Å². The first kappa shape index (κ1) is 9.32. The second kappa shape index (κ2) is 3.76. The summed E-state index contributed by atoms with van der Waals surface area (Å²) in [6.45, 7) is 5.32. The maximum Gasteiger partial charge on any atom is 0.152 e. The first-order valence-corrected chi connectivity index (χ1v) is 3.88. The minimum Gasteiger partial charge on any atom is -0.463 e. The number of nitrogens with one attached hydrogen (secondary N) is 1. The Labute approximate surface area is 77.1 Å². The molecular weight excluding hydrogens is 164 g/mol. The monoisotopic (exact) mass is 176 g/mol. The molecule has 0 aliphatic carbocycles. The molecule has 3 nitrogen and oxygen atoms in total. The molecule has 0 aromatic carbocycles. The number of nitrogens with two attached hydrogens (primary N) is 1. The molecule has 0 saturated heterocycles. The van der Waals surface area contributed by atoms with Crippen LogP contribution in [0.1, 0.15) is 12.7 Å². The summed E-state index contributed by atoms with van der Waals surface area (Å²) in [5, 5.41) is 7.73. The maximum atomic E-state index is 7.73. The Morgan fingerprint density at radius 2 is 2.38 bits per heavy atom. The van der Waals surface area contributed by atoms with Gasteiger partial charge in [-0.2, -0.15) is 0 Å². The third-order valence-corrected chi connectivity index (χ3v) is 1.67. The van der Waals surface area contributed by atoms with Crippen LogP contribution >= 0.6 is 0 Å². The van der Waals surface area contributed by atoms with Crippen LogP contribution < -0.4 is 5.73 Å². The van der Waals surface area contributed by atoms with Gasteiger partial charge in [-0.1, -0.05) is 12.7 Å². The van der Waals surface area contributed by atoms with Gasteiger partial charge in [0.2, 0.25) is 0 Å². The van der Waals surface area contributed by atoms with Crippen molar-refractivity contribution in [1.82, 2.24) is 0 Å². The lowest BCUT2D eigenvalue weighted by molar-refractivity contribution is 0.557. The lowest BCUT2D eigenvalue weighted by atomic mass is 10.1. The Morgan fingerprint density at radius 3 is 2.77 bits per heavy atom. The molecule has 0 amide bonds. The second-order valence-corrected chi connectivity index (χ2v) is 2.65. The summed E-state index contributed by atoms with van der Waals surface area (Å²) in [5.74, 6) is 0.500. The highest BCUT2D eigenvalue weighted by Gasteiger charge is 2.08. The van der Waals surface area contributed by atoms with Gasteiger partial charge >= 0.3 is 0 Å². The predicted octanol–water partition coefficient (Wildman–Crippen LogP) is 2.07. The molecule has 3 heteroatoms. The third kappa shape index (κ3) is 1.87. The van der Waals surface area contributed by atoms with Gasteiger partial charge in [0, 0.05) is 11.3 Å². The number of rotatable bonds is 3. The first-order valence-electron chi connectivity index (χ1n) is 3.88. The topological polar surface area (TPSA) is 63.0 Å². The molecule has 1 aromatic rings. The highest BCUT2D eigenvalue weighted by Crippen LogP contribution is 2.11. The van der Waals surface area contributed by atoms with Crippen LogP contribution in [0.4, 0.5) is 0 Å². The summed E-state index contributed by atoms with van der Waals surface area (Å²) < 4.78 is 5.07. The molecule has 0 unspecified atom stereocenters. The third-order valence-electron chi connectivity index (χ3n) is 1.67. The van der Waals surface area contributed by atoms with Gasteiger partial charge in [-0.05, 0) is 19.1 Å². The van der Waals surface area contributed by atoms with Crippen molar-refractivity contribution in [1.29, 1.82) is 5.41 Å². The van der Waals surface area contributed by atoms with E-state index in [1.54, 1.807) is 25.1 Å². The van der Waals surface area contributed by atoms with E-state index in [4.69, 9.17) is 15.6 Å². The molecule has 1 aromatic heterocycles. The predicted molar refractivity (Wildman–Crippen MR) is 52.6 cm³/mol. The summed E-state index contributed by atoms with van der Waals surface area (Å²) in [4.78, 5) is 0. The van der Waals surface area contributed by atoms with E-state index in [2.05, 4.69) is 6.58 Å². The summed E-state index contributed by atoms with van der Waals surface area (Å²) in [5.41, 5.74) is 7.02. The van der Waals surface area contributed by atoms with Crippen molar-refractivity contribution in [3.63, 3.8) is 0 Å². The molecule has 3 N–H and O–H groups in total. The molecule has 0 aliphatic heterocycles. The molecule has 68 valence electrons. The molecule has 0 saturated carbocycles. The fourth-order valence-electron chi connectivity index (χ4n) is 1.01. The van der Waals surface area contributed by atoms with Gasteiger partial charge in [-0.15, -0.1) is 0 Å². The smallest absolute Gasteiger partial charge is 0.152 e. The van der Waals surface area contributed by atoms with E-state index in [1.165, 1.54) is 6.26 Å². The number of hydrogen-bond acceptors (Lipinski definition) is 3. The van der Waals surface area contributed by atoms with E-state index < -0.39 is 0 Å². The molecule has 13 heavy (non-hydrogen) atoms. The van der Waals surface area contributed by atoms with Gasteiger partial charge < -0.3 is 10.2 Å². The van der Waals surface area contributed by atoms with E-state index in [9.17, 15) is 0 Å². The zero-order chi connectivity index (χ0) is 9.84. The molecule has 0 fully saturated rings. The van der Waals surface area contributed by atoms with Crippen molar-refractivity contribution in [2.45, 2.75) is 6.92 Å². The van der Waals surface area contributed by atoms with Crippen LogP contribution in [0.3, 0.4) is 0 Å². The minimum atomic E-state index is 0.264. The Balaban J connectivity index is 3.04. The SMILES string of the molecule is C=C/C(C(=N)c1ccco1)=C(\C)N.